The second-order valence-corrected chi connectivity index (χ2v) is 7.30. The molecule has 3 atom stereocenters. The second kappa shape index (κ2) is 4.34. The van der Waals surface area contributed by atoms with E-state index in [4.69, 9.17) is 4.98 Å². The minimum Gasteiger partial charge on any atom is -0.357 e. The summed E-state index contributed by atoms with van der Waals surface area (Å²) in [5.41, 5.74) is 8.15. The molecule has 2 nitrogen and oxygen atoms in total. The highest BCUT2D eigenvalue weighted by molar-refractivity contribution is 5.66. The molecule has 22 heavy (non-hydrogen) atoms. The van der Waals surface area contributed by atoms with Crippen LogP contribution in [0.15, 0.2) is 30.3 Å². The largest absolute Gasteiger partial charge is 0.357 e. The molecule has 1 aromatic heterocycles. The summed E-state index contributed by atoms with van der Waals surface area (Å²) in [6, 6.07) is 11.8. The minimum absolute atomic E-state index is 0.104. The minimum atomic E-state index is 0.104. The summed E-state index contributed by atoms with van der Waals surface area (Å²) in [5.74, 6) is 0.640. The first-order chi connectivity index (χ1) is 10.4. The molecule has 1 aromatic carbocycles. The Labute approximate surface area is 133 Å². The van der Waals surface area contributed by atoms with E-state index in [9.17, 15) is 0 Å². The highest BCUT2D eigenvalue weighted by Gasteiger charge is 2.55. The fourth-order valence-electron chi connectivity index (χ4n) is 5.08. The third-order valence-electron chi connectivity index (χ3n) is 5.81. The van der Waals surface area contributed by atoms with Crippen LogP contribution in [0.3, 0.4) is 0 Å². The Morgan fingerprint density at radius 1 is 1.18 bits per heavy atom. The number of aromatic nitrogens is 1. The highest BCUT2D eigenvalue weighted by atomic mass is 15.3. The van der Waals surface area contributed by atoms with Gasteiger partial charge in [0.05, 0.1) is 16.9 Å². The second-order valence-electron chi connectivity index (χ2n) is 7.30. The van der Waals surface area contributed by atoms with Crippen LogP contribution >= 0.6 is 0 Å². The Bertz CT molecular complexity index is 741. The number of nitrogens with zero attached hydrogens (tertiary/aromatic N) is 2. The van der Waals surface area contributed by atoms with Gasteiger partial charge in [-0.1, -0.05) is 24.3 Å². The zero-order valence-corrected chi connectivity index (χ0v) is 14.1. The van der Waals surface area contributed by atoms with E-state index < -0.39 is 0 Å². The van der Waals surface area contributed by atoms with Gasteiger partial charge in [-0.05, 0) is 63.8 Å². The Morgan fingerprint density at radius 3 is 2.64 bits per heavy atom. The number of aryl methyl sites for hydroxylation is 3. The van der Waals surface area contributed by atoms with Crippen LogP contribution < -0.4 is 4.90 Å². The molecule has 114 valence electrons. The van der Waals surface area contributed by atoms with Gasteiger partial charge in [0.1, 0.15) is 0 Å². The molecule has 2 aliphatic rings. The molecule has 3 unspecified atom stereocenters. The van der Waals surface area contributed by atoms with E-state index in [2.05, 4.69) is 69.9 Å². The van der Waals surface area contributed by atoms with Crippen molar-refractivity contribution in [3.63, 3.8) is 0 Å². The van der Waals surface area contributed by atoms with Gasteiger partial charge in [-0.2, -0.15) is 0 Å². The quantitative estimate of drug-likeness (QED) is 0.762. The lowest BCUT2D eigenvalue weighted by molar-refractivity contribution is 0.486. The average Bonchev–Trinajstić information content (AvgIpc) is 2.89. The standard InChI is InChI=1S/C20H24N2/c1-12-10-13(2)21-14(3)19(12)22-15(4)17-11-20(22,5)18-9-7-6-8-16(17)18/h6-10,15,17H,11H2,1-5H3. The van der Waals surface area contributed by atoms with Crippen LogP contribution in [0, 0.1) is 20.8 Å². The molecule has 1 fully saturated rings. The van der Waals surface area contributed by atoms with Crippen molar-refractivity contribution in [2.45, 2.75) is 58.5 Å². The first-order valence-electron chi connectivity index (χ1n) is 8.27. The Balaban J connectivity index is 1.93. The van der Waals surface area contributed by atoms with E-state index in [1.165, 1.54) is 23.2 Å². The van der Waals surface area contributed by atoms with E-state index in [-0.39, 0.29) is 5.54 Å². The van der Waals surface area contributed by atoms with Gasteiger partial charge >= 0.3 is 0 Å². The fraction of sp³-hybridized carbons (Fsp3) is 0.450. The maximum Gasteiger partial charge on any atom is 0.0639 e. The lowest BCUT2D eigenvalue weighted by Gasteiger charge is -2.44. The molecule has 0 saturated carbocycles. The molecule has 2 aromatic rings. The number of rotatable bonds is 1. The van der Waals surface area contributed by atoms with Crippen LogP contribution in [0.4, 0.5) is 5.69 Å². The molecule has 1 saturated heterocycles. The molecule has 1 aliphatic carbocycles. The predicted molar refractivity (Wildman–Crippen MR) is 91.5 cm³/mol. The van der Waals surface area contributed by atoms with Crippen LogP contribution in [0.25, 0.3) is 0 Å². The number of pyridine rings is 1. The lowest BCUT2D eigenvalue weighted by atomic mass is 9.88. The van der Waals surface area contributed by atoms with E-state index in [1.807, 2.05) is 0 Å². The van der Waals surface area contributed by atoms with Gasteiger partial charge in [-0.25, -0.2) is 0 Å². The molecule has 2 heterocycles. The maximum absolute atomic E-state index is 4.74. The van der Waals surface area contributed by atoms with Gasteiger partial charge in [-0.3, -0.25) is 4.98 Å². The van der Waals surface area contributed by atoms with Gasteiger partial charge < -0.3 is 4.90 Å². The Morgan fingerprint density at radius 2 is 1.91 bits per heavy atom. The van der Waals surface area contributed by atoms with Gasteiger partial charge in [0.2, 0.25) is 0 Å². The summed E-state index contributed by atoms with van der Waals surface area (Å²) < 4.78 is 0. The van der Waals surface area contributed by atoms with E-state index in [0.717, 1.165) is 11.4 Å². The number of anilines is 1. The SMILES string of the molecule is Cc1cc(C)c(N2C(C)C3CC2(C)c2ccccc23)c(C)n1. The zero-order chi connectivity index (χ0) is 15.6. The average molecular weight is 292 g/mol. The molecule has 2 bridgehead atoms. The van der Waals surface area contributed by atoms with Crippen LogP contribution in [-0.2, 0) is 5.54 Å². The lowest BCUT2D eigenvalue weighted by Crippen LogP contribution is -2.46. The van der Waals surface area contributed by atoms with Gasteiger partial charge in [0.25, 0.3) is 0 Å². The summed E-state index contributed by atoms with van der Waals surface area (Å²) in [6.45, 7) is 11.3. The molecule has 2 heteroatoms. The monoisotopic (exact) mass is 292 g/mol. The molecule has 0 radical (unpaired) electrons. The van der Waals surface area contributed by atoms with Crippen molar-refractivity contribution in [1.29, 1.82) is 0 Å². The van der Waals surface area contributed by atoms with E-state index in [1.54, 1.807) is 5.56 Å². The molecular formula is C20H24N2. The van der Waals surface area contributed by atoms with Crippen molar-refractivity contribution >= 4 is 5.69 Å². The van der Waals surface area contributed by atoms with Crippen molar-refractivity contribution < 1.29 is 0 Å². The predicted octanol–water partition coefficient (Wildman–Crippen LogP) is 4.62. The third kappa shape index (κ3) is 1.58. The molecular weight excluding hydrogens is 268 g/mol. The van der Waals surface area contributed by atoms with Crippen molar-refractivity contribution in [3.05, 3.63) is 58.4 Å². The maximum atomic E-state index is 4.74. The number of hydrogen-bond donors (Lipinski definition) is 0. The summed E-state index contributed by atoms with van der Waals surface area (Å²) in [5, 5.41) is 0. The van der Waals surface area contributed by atoms with Crippen molar-refractivity contribution in [2.24, 2.45) is 0 Å². The first-order valence-corrected chi connectivity index (χ1v) is 8.27. The molecule has 0 spiro atoms. The van der Waals surface area contributed by atoms with Gasteiger partial charge in [0, 0.05) is 17.7 Å². The van der Waals surface area contributed by atoms with Crippen molar-refractivity contribution in [1.82, 2.24) is 4.98 Å². The zero-order valence-electron chi connectivity index (χ0n) is 14.1. The van der Waals surface area contributed by atoms with Crippen LogP contribution in [0.2, 0.25) is 0 Å². The molecule has 0 amide bonds. The van der Waals surface area contributed by atoms with Crippen LogP contribution in [0.5, 0.6) is 0 Å². The number of fused-ring (bicyclic) bond motifs is 5. The smallest absolute Gasteiger partial charge is 0.0639 e. The third-order valence-corrected chi connectivity index (χ3v) is 5.81. The highest BCUT2D eigenvalue weighted by Crippen LogP contribution is 2.59. The fourth-order valence-corrected chi connectivity index (χ4v) is 5.08. The van der Waals surface area contributed by atoms with E-state index in [0.29, 0.717) is 12.0 Å². The van der Waals surface area contributed by atoms with Crippen LogP contribution in [0.1, 0.15) is 54.3 Å². The molecule has 1 aliphatic heterocycles. The van der Waals surface area contributed by atoms with Gasteiger partial charge in [-0.15, -0.1) is 0 Å². The summed E-state index contributed by atoms with van der Waals surface area (Å²) in [7, 11) is 0. The Hall–Kier alpha value is -1.83. The first kappa shape index (κ1) is 13.8. The summed E-state index contributed by atoms with van der Waals surface area (Å²) in [6.07, 6.45) is 1.22. The normalized spacial score (nSPS) is 29.0. The van der Waals surface area contributed by atoms with Crippen molar-refractivity contribution in [2.75, 3.05) is 4.90 Å². The van der Waals surface area contributed by atoms with Gasteiger partial charge in [0.15, 0.2) is 0 Å². The van der Waals surface area contributed by atoms with Crippen LogP contribution in [-0.4, -0.2) is 11.0 Å². The molecule has 4 rings (SSSR count). The number of hydrogen-bond acceptors (Lipinski definition) is 2. The van der Waals surface area contributed by atoms with Crippen molar-refractivity contribution in [3.8, 4) is 0 Å². The number of benzene rings is 1. The Kier molecular flexibility index (Phi) is 2.73. The topological polar surface area (TPSA) is 16.1 Å². The van der Waals surface area contributed by atoms with E-state index >= 15 is 0 Å². The summed E-state index contributed by atoms with van der Waals surface area (Å²) in [4.78, 5) is 7.39. The summed E-state index contributed by atoms with van der Waals surface area (Å²) >= 11 is 0. The molecule has 0 N–H and O–H groups in total.